The lowest BCUT2D eigenvalue weighted by atomic mass is 10.2. The molecule has 0 saturated carbocycles. The summed E-state index contributed by atoms with van der Waals surface area (Å²) in [6.45, 7) is 1.77. The van der Waals surface area contributed by atoms with E-state index in [1.165, 1.54) is 4.68 Å². The van der Waals surface area contributed by atoms with Crippen molar-refractivity contribution >= 4 is 6.08 Å². The Hall–Kier alpha value is -1.23. The topological polar surface area (TPSA) is 43.8 Å². The molecule has 0 aliphatic carbocycles. The van der Waals surface area contributed by atoms with Crippen molar-refractivity contribution in [2.75, 3.05) is 0 Å². The predicted molar refractivity (Wildman–Crippen MR) is 50.8 cm³/mol. The highest BCUT2D eigenvalue weighted by atomic mass is 19.3. The van der Waals surface area contributed by atoms with Gasteiger partial charge in [-0.15, -0.1) is 0 Å². The van der Waals surface area contributed by atoms with Gasteiger partial charge in [-0.1, -0.05) is 12.2 Å². The molecule has 1 unspecified atom stereocenters. The molecule has 5 heteroatoms. The first-order valence-corrected chi connectivity index (χ1v) is 4.26. The summed E-state index contributed by atoms with van der Waals surface area (Å²) in [5.74, 6) is 0. The highest BCUT2D eigenvalue weighted by Gasteiger charge is 2.15. The summed E-state index contributed by atoms with van der Waals surface area (Å²) >= 11 is 0. The zero-order valence-corrected chi connectivity index (χ0v) is 8.11. The molecule has 0 fully saturated rings. The Labute approximate surface area is 81.2 Å². The van der Waals surface area contributed by atoms with E-state index < -0.39 is 6.43 Å². The van der Waals surface area contributed by atoms with E-state index in [2.05, 4.69) is 5.10 Å². The fourth-order valence-corrected chi connectivity index (χ4v) is 1.08. The first-order chi connectivity index (χ1) is 6.50. The van der Waals surface area contributed by atoms with E-state index in [1.54, 1.807) is 32.3 Å². The molecule has 1 heterocycles. The van der Waals surface area contributed by atoms with Crippen LogP contribution in [0.1, 0.15) is 24.6 Å². The van der Waals surface area contributed by atoms with E-state index in [1.807, 2.05) is 0 Å². The van der Waals surface area contributed by atoms with Crippen molar-refractivity contribution in [2.45, 2.75) is 19.4 Å². The number of rotatable bonds is 3. The van der Waals surface area contributed by atoms with Gasteiger partial charge >= 0.3 is 0 Å². The molecule has 1 aromatic rings. The Morgan fingerprint density at radius 3 is 2.71 bits per heavy atom. The first-order valence-electron chi connectivity index (χ1n) is 4.26. The van der Waals surface area contributed by atoms with Crippen molar-refractivity contribution in [1.29, 1.82) is 0 Å². The standard InChI is InChI=1S/C9H13F2N3/c1-6(12)3-4-7-5-14(2)13-8(7)9(10)11/h3-6,9H,12H2,1-2H3/b4-3+. The van der Waals surface area contributed by atoms with Crippen LogP contribution >= 0.6 is 0 Å². The molecule has 0 radical (unpaired) electrons. The predicted octanol–water partition coefficient (Wildman–Crippen LogP) is 1.72. The molecule has 0 amide bonds. The number of alkyl halides is 2. The van der Waals surface area contributed by atoms with E-state index in [4.69, 9.17) is 5.73 Å². The van der Waals surface area contributed by atoms with Crippen LogP contribution in [0.5, 0.6) is 0 Å². The Bertz CT molecular complexity index is 329. The molecule has 0 aliphatic heterocycles. The highest BCUT2D eigenvalue weighted by Crippen LogP contribution is 2.21. The van der Waals surface area contributed by atoms with E-state index in [-0.39, 0.29) is 11.7 Å². The average molecular weight is 201 g/mol. The maximum Gasteiger partial charge on any atom is 0.282 e. The van der Waals surface area contributed by atoms with Gasteiger partial charge in [0, 0.05) is 24.8 Å². The summed E-state index contributed by atoms with van der Waals surface area (Å²) in [7, 11) is 1.61. The van der Waals surface area contributed by atoms with Crippen LogP contribution in [0.4, 0.5) is 8.78 Å². The monoisotopic (exact) mass is 201 g/mol. The number of hydrogen-bond donors (Lipinski definition) is 1. The summed E-state index contributed by atoms with van der Waals surface area (Å²) in [4.78, 5) is 0. The van der Waals surface area contributed by atoms with E-state index in [0.717, 1.165) is 0 Å². The molecule has 2 N–H and O–H groups in total. The fraction of sp³-hybridized carbons (Fsp3) is 0.444. The average Bonchev–Trinajstić information content (AvgIpc) is 2.43. The van der Waals surface area contributed by atoms with Crippen molar-refractivity contribution in [3.8, 4) is 0 Å². The number of hydrogen-bond acceptors (Lipinski definition) is 2. The molecule has 1 aromatic heterocycles. The van der Waals surface area contributed by atoms with Gasteiger partial charge < -0.3 is 5.73 Å². The zero-order valence-electron chi connectivity index (χ0n) is 8.11. The molecule has 0 saturated heterocycles. The van der Waals surface area contributed by atoms with E-state index >= 15 is 0 Å². The summed E-state index contributed by atoms with van der Waals surface area (Å²) in [5, 5.41) is 3.66. The third-order valence-corrected chi connectivity index (χ3v) is 1.67. The summed E-state index contributed by atoms with van der Waals surface area (Å²) in [6, 6.07) is -0.152. The SMILES string of the molecule is CC(N)/C=C/c1cn(C)nc1C(F)F. The van der Waals surface area contributed by atoms with E-state index in [0.29, 0.717) is 5.56 Å². The molecule has 3 nitrogen and oxygen atoms in total. The Kier molecular flexibility index (Phi) is 3.35. The number of aryl methyl sites for hydroxylation is 1. The summed E-state index contributed by atoms with van der Waals surface area (Å²) in [5.41, 5.74) is 5.68. The Balaban J connectivity index is 2.95. The minimum atomic E-state index is -2.55. The van der Waals surface area contributed by atoms with Crippen LogP contribution in [0.25, 0.3) is 6.08 Å². The van der Waals surface area contributed by atoms with Crippen molar-refractivity contribution < 1.29 is 8.78 Å². The molecular formula is C9H13F2N3. The highest BCUT2D eigenvalue weighted by molar-refractivity contribution is 5.51. The normalized spacial score (nSPS) is 14.1. The smallest absolute Gasteiger partial charge is 0.282 e. The third kappa shape index (κ3) is 2.63. The molecule has 0 aromatic carbocycles. The quantitative estimate of drug-likeness (QED) is 0.809. The number of halogens is 2. The largest absolute Gasteiger partial charge is 0.325 e. The van der Waals surface area contributed by atoms with Gasteiger partial charge in [-0.25, -0.2) is 8.78 Å². The van der Waals surface area contributed by atoms with Crippen LogP contribution < -0.4 is 5.73 Å². The second-order valence-electron chi connectivity index (χ2n) is 3.16. The van der Waals surface area contributed by atoms with Crippen molar-refractivity contribution in [2.24, 2.45) is 12.8 Å². The Morgan fingerprint density at radius 1 is 1.57 bits per heavy atom. The second-order valence-corrected chi connectivity index (χ2v) is 3.16. The van der Waals surface area contributed by atoms with Crippen LogP contribution in [0.15, 0.2) is 12.3 Å². The van der Waals surface area contributed by atoms with Gasteiger partial charge in [-0.05, 0) is 6.92 Å². The first kappa shape index (κ1) is 10.8. The van der Waals surface area contributed by atoms with Crippen molar-refractivity contribution in [3.63, 3.8) is 0 Å². The lowest BCUT2D eigenvalue weighted by Gasteiger charge is -1.96. The molecule has 0 aliphatic rings. The molecule has 1 atom stereocenters. The minimum Gasteiger partial charge on any atom is -0.325 e. The van der Waals surface area contributed by atoms with Gasteiger partial charge in [0.2, 0.25) is 0 Å². The third-order valence-electron chi connectivity index (χ3n) is 1.67. The molecular weight excluding hydrogens is 188 g/mol. The van der Waals surface area contributed by atoms with Gasteiger partial charge in [-0.3, -0.25) is 4.68 Å². The van der Waals surface area contributed by atoms with E-state index in [9.17, 15) is 8.78 Å². The maximum absolute atomic E-state index is 12.4. The van der Waals surface area contributed by atoms with Crippen LogP contribution in [0.2, 0.25) is 0 Å². The van der Waals surface area contributed by atoms with Crippen molar-refractivity contribution in [1.82, 2.24) is 9.78 Å². The molecule has 14 heavy (non-hydrogen) atoms. The van der Waals surface area contributed by atoms with Gasteiger partial charge in [0.25, 0.3) is 6.43 Å². The molecule has 0 bridgehead atoms. The number of nitrogens with zero attached hydrogens (tertiary/aromatic N) is 2. The second kappa shape index (κ2) is 4.32. The fourth-order valence-electron chi connectivity index (χ4n) is 1.08. The Morgan fingerprint density at radius 2 is 2.21 bits per heavy atom. The zero-order chi connectivity index (χ0) is 10.7. The minimum absolute atomic E-state index is 0.152. The van der Waals surface area contributed by atoms with Gasteiger partial charge in [0.05, 0.1) is 0 Å². The summed E-state index contributed by atoms with van der Waals surface area (Å²) < 4.78 is 26.2. The summed E-state index contributed by atoms with van der Waals surface area (Å²) in [6.07, 6.45) is 2.21. The van der Waals surface area contributed by atoms with Gasteiger partial charge in [0.15, 0.2) is 0 Å². The number of aromatic nitrogens is 2. The van der Waals surface area contributed by atoms with Crippen LogP contribution in [-0.4, -0.2) is 15.8 Å². The van der Waals surface area contributed by atoms with Gasteiger partial charge in [0.1, 0.15) is 5.69 Å². The van der Waals surface area contributed by atoms with Gasteiger partial charge in [-0.2, -0.15) is 5.10 Å². The van der Waals surface area contributed by atoms with Crippen molar-refractivity contribution in [3.05, 3.63) is 23.5 Å². The lowest BCUT2D eigenvalue weighted by Crippen LogP contribution is -2.09. The van der Waals surface area contributed by atoms with Crippen LogP contribution in [0, 0.1) is 0 Å². The maximum atomic E-state index is 12.4. The van der Waals surface area contributed by atoms with Crippen LogP contribution in [0.3, 0.4) is 0 Å². The number of nitrogens with two attached hydrogens (primary N) is 1. The molecule has 0 spiro atoms. The lowest BCUT2D eigenvalue weighted by molar-refractivity contribution is 0.145. The molecule has 78 valence electrons. The molecule has 1 rings (SSSR count). The van der Waals surface area contributed by atoms with Crippen LogP contribution in [-0.2, 0) is 7.05 Å².